The highest BCUT2D eigenvalue weighted by Gasteiger charge is 2.29. The number of carbonyl (C=O) groups excluding carboxylic acids is 2. The molecule has 2 aromatic heterocycles. The van der Waals surface area contributed by atoms with Crippen molar-refractivity contribution in [2.24, 2.45) is 11.7 Å². The van der Waals surface area contributed by atoms with Gasteiger partial charge in [0.1, 0.15) is 0 Å². The standard InChI is InChI=1S/C24H30N6O2/c1-14(2)28-24(32)26-11-16-5-4-6-18(9-16)19-10-21-22(29-15(3)17-7-8-17)20(23(25)31)12-27-30(21)13-19/h4-6,9-10,12-15,17,29H,7-8,11H2,1-3H3,(H2,25,31)(H2,26,28,32)/t15-/m1/s1. The molecule has 8 heteroatoms. The van der Waals surface area contributed by atoms with Gasteiger partial charge in [-0.25, -0.2) is 9.31 Å². The van der Waals surface area contributed by atoms with Gasteiger partial charge >= 0.3 is 6.03 Å². The second-order valence-corrected chi connectivity index (χ2v) is 8.81. The summed E-state index contributed by atoms with van der Waals surface area (Å²) in [6.45, 7) is 6.40. The summed E-state index contributed by atoms with van der Waals surface area (Å²) in [4.78, 5) is 23.9. The number of amides is 3. The van der Waals surface area contributed by atoms with E-state index in [1.165, 1.54) is 19.0 Å². The van der Waals surface area contributed by atoms with Gasteiger partial charge in [-0.2, -0.15) is 5.10 Å². The van der Waals surface area contributed by atoms with E-state index >= 15 is 0 Å². The average molecular weight is 435 g/mol. The van der Waals surface area contributed by atoms with Gasteiger partial charge in [0, 0.05) is 30.4 Å². The lowest BCUT2D eigenvalue weighted by molar-refractivity contribution is 0.100. The van der Waals surface area contributed by atoms with Crippen molar-refractivity contribution >= 4 is 23.1 Å². The Morgan fingerprint density at radius 1 is 1.19 bits per heavy atom. The Balaban J connectivity index is 1.62. The first kappa shape index (κ1) is 21.7. The molecule has 3 aromatic rings. The van der Waals surface area contributed by atoms with Crippen LogP contribution in [0, 0.1) is 5.92 Å². The number of primary amides is 1. The predicted octanol–water partition coefficient (Wildman–Crippen LogP) is 3.52. The van der Waals surface area contributed by atoms with Gasteiger partial charge in [0.2, 0.25) is 0 Å². The minimum atomic E-state index is -0.499. The minimum Gasteiger partial charge on any atom is -0.380 e. The quantitative estimate of drug-likeness (QED) is 0.434. The summed E-state index contributed by atoms with van der Waals surface area (Å²) in [7, 11) is 0. The summed E-state index contributed by atoms with van der Waals surface area (Å²) in [5.74, 6) is 0.122. The van der Waals surface area contributed by atoms with Gasteiger partial charge in [0.15, 0.2) is 0 Å². The van der Waals surface area contributed by atoms with Crippen molar-refractivity contribution in [3.8, 4) is 11.1 Å². The van der Waals surface area contributed by atoms with Crippen molar-refractivity contribution in [2.45, 2.75) is 52.2 Å². The van der Waals surface area contributed by atoms with Crippen molar-refractivity contribution in [3.05, 3.63) is 53.9 Å². The molecule has 4 rings (SSSR count). The zero-order valence-electron chi connectivity index (χ0n) is 18.7. The van der Waals surface area contributed by atoms with E-state index in [1.54, 1.807) is 4.52 Å². The second-order valence-electron chi connectivity index (χ2n) is 8.81. The summed E-state index contributed by atoms with van der Waals surface area (Å²) in [6.07, 6.45) is 5.85. The van der Waals surface area contributed by atoms with Crippen molar-refractivity contribution in [1.29, 1.82) is 0 Å². The average Bonchev–Trinajstić information content (AvgIpc) is 3.50. The fraction of sp³-hybridized carbons (Fsp3) is 0.375. The smallest absolute Gasteiger partial charge is 0.315 e. The molecule has 0 unspecified atom stereocenters. The number of hydrogen-bond acceptors (Lipinski definition) is 4. The number of urea groups is 1. The van der Waals surface area contributed by atoms with E-state index in [-0.39, 0.29) is 18.1 Å². The first-order valence-electron chi connectivity index (χ1n) is 11.0. The first-order valence-corrected chi connectivity index (χ1v) is 11.0. The zero-order chi connectivity index (χ0) is 22.8. The van der Waals surface area contributed by atoms with E-state index in [0.717, 1.165) is 27.9 Å². The van der Waals surface area contributed by atoms with Crippen LogP contribution in [0.15, 0.2) is 42.7 Å². The number of rotatable bonds is 8. The van der Waals surface area contributed by atoms with Crippen molar-refractivity contribution in [2.75, 3.05) is 5.32 Å². The molecule has 8 nitrogen and oxygen atoms in total. The van der Waals surface area contributed by atoms with Crippen molar-refractivity contribution in [3.63, 3.8) is 0 Å². The molecule has 1 fully saturated rings. The molecular formula is C24H30N6O2. The third-order valence-corrected chi connectivity index (χ3v) is 5.74. The highest BCUT2D eigenvalue weighted by molar-refractivity contribution is 6.02. The topological polar surface area (TPSA) is 114 Å². The lowest BCUT2D eigenvalue weighted by Crippen LogP contribution is -2.39. The molecule has 1 aromatic carbocycles. The number of nitrogens with one attached hydrogen (secondary N) is 3. The Hall–Kier alpha value is -3.55. The summed E-state index contributed by atoms with van der Waals surface area (Å²) >= 11 is 0. The molecule has 0 bridgehead atoms. The molecule has 168 valence electrons. The molecule has 1 saturated carbocycles. The highest BCUT2D eigenvalue weighted by Crippen LogP contribution is 2.36. The van der Waals surface area contributed by atoms with Gasteiger partial charge in [-0.1, -0.05) is 18.2 Å². The molecule has 5 N–H and O–H groups in total. The molecule has 1 atom stereocenters. The molecule has 3 amide bonds. The van der Waals surface area contributed by atoms with E-state index in [4.69, 9.17) is 5.73 Å². The van der Waals surface area contributed by atoms with Crippen LogP contribution in [0.3, 0.4) is 0 Å². The lowest BCUT2D eigenvalue weighted by Gasteiger charge is -2.17. The van der Waals surface area contributed by atoms with Crippen LogP contribution >= 0.6 is 0 Å². The Labute approximate surface area is 187 Å². The molecule has 0 spiro atoms. The second kappa shape index (κ2) is 8.90. The number of hydrogen-bond donors (Lipinski definition) is 4. The van der Waals surface area contributed by atoms with E-state index in [2.05, 4.69) is 28.0 Å². The Morgan fingerprint density at radius 3 is 2.66 bits per heavy atom. The first-order chi connectivity index (χ1) is 15.3. The summed E-state index contributed by atoms with van der Waals surface area (Å²) in [5, 5.41) is 13.6. The Kier molecular flexibility index (Phi) is 6.03. The molecule has 0 radical (unpaired) electrons. The largest absolute Gasteiger partial charge is 0.380 e. The fourth-order valence-electron chi connectivity index (χ4n) is 3.85. The van der Waals surface area contributed by atoms with Crippen LogP contribution in [-0.2, 0) is 6.54 Å². The number of nitrogens with zero attached hydrogens (tertiary/aromatic N) is 2. The summed E-state index contributed by atoms with van der Waals surface area (Å²) < 4.78 is 1.77. The van der Waals surface area contributed by atoms with Crippen LogP contribution in [0.4, 0.5) is 10.5 Å². The Morgan fingerprint density at radius 2 is 1.97 bits per heavy atom. The van der Waals surface area contributed by atoms with Gasteiger partial charge in [-0.15, -0.1) is 0 Å². The highest BCUT2D eigenvalue weighted by atomic mass is 16.2. The number of anilines is 1. The van der Waals surface area contributed by atoms with E-state index in [9.17, 15) is 9.59 Å². The van der Waals surface area contributed by atoms with E-state index < -0.39 is 5.91 Å². The van der Waals surface area contributed by atoms with Crippen LogP contribution in [-0.4, -0.2) is 33.6 Å². The maximum Gasteiger partial charge on any atom is 0.315 e. The molecule has 2 heterocycles. The van der Waals surface area contributed by atoms with Crippen LogP contribution < -0.4 is 21.7 Å². The van der Waals surface area contributed by atoms with Gasteiger partial charge in [0.25, 0.3) is 5.91 Å². The molecule has 0 aliphatic heterocycles. The fourth-order valence-corrected chi connectivity index (χ4v) is 3.85. The minimum absolute atomic E-state index is 0.0818. The number of nitrogens with two attached hydrogens (primary N) is 1. The van der Waals surface area contributed by atoms with Crippen molar-refractivity contribution in [1.82, 2.24) is 20.2 Å². The van der Waals surface area contributed by atoms with Crippen LogP contribution in [0.5, 0.6) is 0 Å². The third kappa shape index (κ3) is 4.85. The Bertz CT molecular complexity index is 1150. The van der Waals surface area contributed by atoms with Crippen LogP contribution in [0.2, 0.25) is 0 Å². The molecule has 1 aliphatic carbocycles. The molecule has 0 saturated heterocycles. The summed E-state index contributed by atoms with van der Waals surface area (Å²) in [5.41, 5.74) is 10.5. The van der Waals surface area contributed by atoms with Gasteiger partial charge in [-0.05, 0) is 62.8 Å². The number of aromatic nitrogens is 2. The molecular weight excluding hydrogens is 404 g/mol. The monoisotopic (exact) mass is 434 g/mol. The number of benzene rings is 1. The molecule has 1 aliphatic rings. The van der Waals surface area contributed by atoms with Crippen molar-refractivity contribution < 1.29 is 9.59 Å². The van der Waals surface area contributed by atoms with Gasteiger partial charge in [-0.3, -0.25) is 4.79 Å². The van der Waals surface area contributed by atoms with Crippen LogP contribution in [0.1, 0.15) is 49.5 Å². The van der Waals surface area contributed by atoms with Gasteiger partial charge < -0.3 is 21.7 Å². The van der Waals surface area contributed by atoms with E-state index in [1.807, 2.05) is 50.4 Å². The number of carbonyl (C=O) groups is 2. The van der Waals surface area contributed by atoms with Crippen LogP contribution in [0.25, 0.3) is 16.6 Å². The zero-order valence-corrected chi connectivity index (χ0v) is 18.7. The predicted molar refractivity (Wildman–Crippen MR) is 125 cm³/mol. The maximum absolute atomic E-state index is 12.0. The lowest BCUT2D eigenvalue weighted by atomic mass is 10.1. The summed E-state index contributed by atoms with van der Waals surface area (Å²) in [6, 6.07) is 10.2. The third-order valence-electron chi connectivity index (χ3n) is 5.74. The van der Waals surface area contributed by atoms with Gasteiger partial charge in [0.05, 0.1) is 23.0 Å². The normalized spacial score (nSPS) is 14.4. The number of fused-ring (bicyclic) bond motifs is 1. The molecule has 32 heavy (non-hydrogen) atoms. The SMILES string of the molecule is CC(C)NC(=O)NCc1cccc(-c2cc3c(N[C@H](C)C4CC4)c(C(N)=O)cnn3c2)c1. The van der Waals surface area contributed by atoms with E-state index in [0.29, 0.717) is 18.0 Å². The maximum atomic E-state index is 12.0.